The van der Waals surface area contributed by atoms with Gasteiger partial charge in [0.25, 0.3) is 0 Å². The SMILES string of the molecule is CC(C)OC(=O)N1CCC(COc2ccc(C3=CCC(C(=O)N4CCOCC4)CC3)cc2F)CC1. The predicted octanol–water partition coefficient (Wildman–Crippen LogP) is 4.50. The fourth-order valence-electron chi connectivity index (χ4n) is 4.95. The summed E-state index contributed by atoms with van der Waals surface area (Å²) < 4.78 is 31.2. The fourth-order valence-corrected chi connectivity index (χ4v) is 4.95. The minimum atomic E-state index is -0.368. The molecule has 0 N–H and O–H groups in total. The largest absolute Gasteiger partial charge is 0.490 e. The molecule has 2 fully saturated rings. The van der Waals surface area contributed by atoms with Crippen molar-refractivity contribution in [2.45, 2.75) is 52.1 Å². The molecule has 2 amide bonds. The molecule has 0 radical (unpaired) electrons. The Morgan fingerprint density at radius 2 is 1.83 bits per heavy atom. The van der Waals surface area contributed by atoms with E-state index >= 15 is 0 Å². The molecule has 1 aromatic rings. The molecular weight excluding hydrogens is 451 g/mol. The van der Waals surface area contributed by atoms with E-state index in [-0.39, 0.29) is 41.5 Å². The smallest absolute Gasteiger partial charge is 0.410 e. The first-order valence-corrected chi connectivity index (χ1v) is 12.8. The number of allylic oxidation sites excluding steroid dienone is 2. The minimum Gasteiger partial charge on any atom is -0.490 e. The second-order valence-electron chi connectivity index (χ2n) is 9.96. The zero-order valence-corrected chi connectivity index (χ0v) is 20.8. The highest BCUT2D eigenvalue weighted by Crippen LogP contribution is 2.33. The minimum absolute atomic E-state index is 0.00273. The number of rotatable bonds is 6. The van der Waals surface area contributed by atoms with Crippen LogP contribution in [-0.2, 0) is 14.3 Å². The maximum Gasteiger partial charge on any atom is 0.410 e. The molecule has 2 heterocycles. The Hall–Kier alpha value is -2.61. The summed E-state index contributed by atoms with van der Waals surface area (Å²) >= 11 is 0. The van der Waals surface area contributed by atoms with Crippen LogP contribution in [0.4, 0.5) is 9.18 Å². The second-order valence-corrected chi connectivity index (χ2v) is 9.96. The van der Waals surface area contributed by atoms with Crippen LogP contribution < -0.4 is 4.74 Å². The molecule has 192 valence electrons. The number of amides is 2. The molecule has 0 aromatic heterocycles. The van der Waals surface area contributed by atoms with Crippen LogP contribution in [0.3, 0.4) is 0 Å². The number of halogens is 1. The monoisotopic (exact) mass is 488 g/mol. The van der Waals surface area contributed by atoms with Gasteiger partial charge in [-0.05, 0) is 75.1 Å². The van der Waals surface area contributed by atoms with Crippen LogP contribution in [0.2, 0.25) is 0 Å². The van der Waals surface area contributed by atoms with Gasteiger partial charge in [0.1, 0.15) is 0 Å². The van der Waals surface area contributed by atoms with Gasteiger partial charge >= 0.3 is 6.09 Å². The van der Waals surface area contributed by atoms with E-state index in [9.17, 15) is 14.0 Å². The lowest BCUT2D eigenvalue weighted by Gasteiger charge is -2.32. The summed E-state index contributed by atoms with van der Waals surface area (Å²) in [6, 6.07) is 5.14. The van der Waals surface area contributed by atoms with Crippen molar-refractivity contribution in [1.82, 2.24) is 9.80 Å². The molecule has 1 aromatic carbocycles. The second kappa shape index (κ2) is 11.9. The summed E-state index contributed by atoms with van der Waals surface area (Å²) in [7, 11) is 0. The van der Waals surface area contributed by atoms with Crippen molar-refractivity contribution in [2.75, 3.05) is 46.0 Å². The molecule has 4 rings (SSSR count). The third kappa shape index (κ3) is 6.75. The average molecular weight is 489 g/mol. The number of benzene rings is 1. The topological polar surface area (TPSA) is 68.3 Å². The van der Waals surface area contributed by atoms with Gasteiger partial charge in [-0.1, -0.05) is 12.1 Å². The number of hydrogen-bond acceptors (Lipinski definition) is 5. The number of ether oxygens (including phenoxy) is 3. The first-order valence-electron chi connectivity index (χ1n) is 12.8. The van der Waals surface area contributed by atoms with Gasteiger partial charge in [0.15, 0.2) is 11.6 Å². The van der Waals surface area contributed by atoms with Crippen LogP contribution in [-0.4, -0.2) is 73.9 Å². The Morgan fingerprint density at radius 1 is 1.09 bits per heavy atom. The quantitative estimate of drug-likeness (QED) is 0.590. The Kier molecular flexibility index (Phi) is 8.65. The van der Waals surface area contributed by atoms with Crippen molar-refractivity contribution >= 4 is 17.6 Å². The van der Waals surface area contributed by atoms with E-state index in [1.807, 2.05) is 24.8 Å². The maximum absolute atomic E-state index is 14.8. The van der Waals surface area contributed by atoms with Crippen molar-refractivity contribution in [3.8, 4) is 5.75 Å². The molecule has 0 spiro atoms. The molecule has 2 saturated heterocycles. The average Bonchev–Trinajstić information content (AvgIpc) is 2.88. The van der Waals surface area contributed by atoms with E-state index in [1.54, 1.807) is 11.0 Å². The zero-order valence-electron chi connectivity index (χ0n) is 20.8. The number of likely N-dealkylation sites (tertiary alicyclic amines) is 1. The van der Waals surface area contributed by atoms with Crippen molar-refractivity contribution in [1.29, 1.82) is 0 Å². The lowest BCUT2D eigenvalue weighted by molar-refractivity contribution is -0.139. The molecule has 2 aliphatic heterocycles. The van der Waals surface area contributed by atoms with Gasteiger partial charge < -0.3 is 24.0 Å². The Bertz CT molecular complexity index is 920. The summed E-state index contributed by atoms with van der Waals surface area (Å²) in [5.74, 6) is 0.378. The molecule has 0 saturated carbocycles. The number of nitrogens with zero attached hydrogens (tertiary/aromatic N) is 2. The van der Waals surface area contributed by atoms with Crippen LogP contribution in [0, 0.1) is 17.7 Å². The number of carbonyl (C=O) groups is 2. The summed E-state index contributed by atoms with van der Waals surface area (Å²) in [5, 5.41) is 0. The normalized spacial score (nSPS) is 21.6. The first-order chi connectivity index (χ1) is 16.9. The van der Waals surface area contributed by atoms with Crippen LogP contribution >= 0.6 is 0 Å². The Balaban J connectivity index is 1.25. The van der Waals surface area contributed by atoms with Crippen molar-refractivity contribution in [3.05, 3.63) is 35.7 Å². The van der Waals surface area contributed by atoms with Gasteiger partial charge in [0.2, 0.25) is 5.91 Å². The van der Waals surface area contributed by atoms with E-state index in [2.05, 4.69) is 6.08 Å². The van der Waals surface area contributed by atoms with E-state index < -0.39 is 0 Å². The highest BCUT2D eigenvalue weighted by molar-refractivity contribution is 5.81. The van der Waals surface area contributed by atoms with Crippen LogP contribution in [0.1, 0.15) is 51.5 Å². The number of carbonyl (C=O) groups excluding carboxylic acids is 2. The van der Waals surface area contributed by atoms with Gasteiger partial charge in [-0.25, -0.2) is 9.18 Å². The van der Waals surface area contributed by atoms with Crippen molar-refractivity contribution < 1.29 is 28.2 Å². The van der Waals surface area contributed by atoms with Gasteiger partial charge in [0, 0.05) is 32.1 Å². The molecule has 1 unspecified atom stereocenters. The zero-order chi connectivity index (χ0) is 24.8. The molecule has 1 aliphatic carbocycles. The van der Waals surface area contributed by atoms with Crippen molar-refractivity contribution in [3.63, 3.8) is 0 Å². The lowest BCUT2D eigenvalue weighted by atomic mass is 9.85. The fraction of sp³-hybridized carbons (Fsp3) is 0.630. The van der Waals surface area contributed by atoms with E-state index in [1.165, 1.54) is 6.07 Å². The van der Waals surface area contributed by atoms with Gasteiger partial charge in [-0.3, -0.25) is 4.79 Å². The van der Waals surface area contributed by atoms with E-state index in [0.717, 1.165) is 36.8 Å². The lowest BCUT2D eigenvalue weighted by Crippen LogP contribution is -2.44. The molecular formula is C27H37FN2O5. The van der Waals surface area contributed by atoms with Crippen molar-refractivity contribution in [2.24, 2.45) is 11.8 Å². The summed E-state index contributed by atoms with van der Waals surface area (Å²) in [6.45, 7) is 7.93. The highest BCUT2D eigenvalue weighted by Gasteiger charge is 2.28. The Labute approximate surface area is 207 Å². The molecule has 0 bridgehead atoms. The van der Waals surface area contributed by atoms with Gasteiger partial charge in [0.05, 0.1) is 25.9 Å². The number of morpholine rings is 1. The highest BCUT2D eigenvalue weighted by atomic mass is 19.1. The van der Waals surface area contributed by atoms with Crippen LogP contribution in [0.25, 0.3) is 5.57 Å². The standard InChI is InChI=1S/C27H37FN2O5/c1-19(2)35-27(32)30-11-9-20(10-12-30)18-34-25-8-7-23(17-24(25)28)21-3-5-22(6-4-21)26(31)29-13-15-33-16-14-29/h3,7-8,17,19-20,22H,4-6,9-16,18H2,1-2H3. The van der Waals surface area contributed by atoms with Gasteiger partial charge in [-0.2, -0.15) is 0 Å². The number of piperidine rings is 1. The maximum atomic E-state index is 14.8. The molecule has 7 nitrogen and oxygen atoms in total. The summed E-state index contributed by atoms with van der Waals surface area (Å²) in [5.41, 5.74) is 1.94. The predicted molar refractivity (Wildman–Crippen MR) is 131 cm³/mol. The molecule has 35 heavy (non-hydrogen) atoms. The van der Waals surface area contributed by atoms with Gasteiger partial charge in [-0.15, -0.1) is 0 Å². The molecule has 3 aliphatic rings. The van der Waals surface area contributed by atoms with Crippen LogP contribution in [0.5, 0.6) is 5.75 Å². The third-order valence-electron chi connectivity index (χ3n) is 7.07. The summed E-state index contributed by atoms with van der Waals surface area (Å²) in [4.78, 5) is 28.4. The van der Waals surface area contributed by atoms with Crippen LogP contribution in [0.15, 0.2) is 24.3 Å². The van der Waals surface area contributed by atoms with E-state index in [4.69, 9.17) is 14.2 Å². The Morgan fingerprint density at radius 3 is 2.46 bits per heavy atom. The first kappa shape index (κ1) is 25.5. The third-order valence-corrected chi connectivity index (χ3v) is 7.07. The molecule has 8 heteroatoms. The number of hydrogen-bond donors (Lipinski definition) is 0. The molecule has 1 atom stereocenters. The summed E-state index contributed by atoms with van der Waals surface area (Å²) in [6.07, 6.45) is 5.54. The van der Waals surface area contributed by atoms with E-state index in [0.29, 0.717) is 52.4 Å².